The maximum Gasteiger partial charge on any atom is 0.257 e. The Morgan fingerprint density at radius 3 is 2.72 bits per heavy atom. The van der Waals surface area contributed by atoms with Crippen LogP contribution in [0.2, 0.25) is 0 Å². The summed E-state index contributed by atoms with van der Waals surface area (Å²) < 4.78 is 1.96. The second kappa shape index (κ2) is 8.41. The molecule has 2 aromatic rings. The van der Waals surface area contributed by atoms with Crippen LogP contribution in [0.15, 0.2) is 30.3 Å². The van der Waals surface area contributed by atoms with Crippen molar-refractivity contribution in [1.29, 1.82) is 0 Å². The van der Waals surface area contributed by atoms with Gasteiger partial charge in [0.2, 0.25) is 11.8 Å². The van der Waals surface area contributed by atoms with Crippen LogP contribution in [-0.2, 0) is 16.1 Å². The van der Waals surface area contributed by atoms with Crippen LogP contribution in [0.25, 0.3) is 0 Å². The number of hydrogen-bond donors (Lipinski definition) is 1. The minimum absolute atomic E-state index is 0.0138. The van der Waals surface area contributed by atoms with Gasteiger partial charge in [-0.25, -0.2) is 0 Å². The average Bonchev–Trinajstić information content (AvgIpc) is 3.23. The fourth-order valence-corrected chi connectivity index (χ4v) is 4.85. The highest BCUT2D eigenvalue weighted by atomic mass is 16.2. The van der Waals surface area contributed by atoms with Crippen LogP contribution in [0.1, 0.15) is 54.9 Å². The van der Waals surface area contributed by atoms with Gasteiger partial charge < -0.3 is 10.2 Å². The van der Waals surface area contributed by atoms with Crippen molar-refractivity contribution in [3.8, 4) is 0 Å². The molecule has 3 heterocycles. The Kier molecular flexibility index (Phi) is 5.79. The van der Waals surface area contributed by atoms with Crippen molar-refractivity contribution in [1.82, 2.24) is 20.0 Å². The quantitative estimate of drug-likeness (QED) is 0.721. The van der Waals surface area contributed by atoms with Crippen molar-refractivity contribution < 1.29 is 14.4 Å². The molecule has 2 atom stereocenters. The van der Waals surface area contributed by atoms with Gasteiger partial charge in [0.25, 0.3) is 5.91 Å². The number of carbonyl (C=O) groups excluding carboxylic acids is 3. The summed E-state index contributed by atoms with van der Waals surface area (Å²) in [4.78, 5) is 41.9. The first-order valence-corrected chi connectivity index (χ1v) is 11.2. The Bertz CT molecular complexity index is 1060. The van der Waals surface area contributed by atoms with Crippen molar-refractivity contribution in [3.05, 3.63) is 47.3 Å². The van der Waals surface area contributed by atoms with Gasteiger partial charge in [-0.05, 0) is 51.3 Å². The van der Waals surface area contributed by atoms with E-state index >= 15 is 0 Å². The third-order valence-electron chi connectivity index (χ3n) is 6.54. The molecule has 0 spiro atoms. The van der Waals surface area contributed by atoms with Gasteiger partial charge in [-0.15, -0.1) is 0 Å². The SMILES string of the molecule is Cc1cc(C)n(C[C@@H](C)CNC(=O)CCN2C(=O)c3ccccc3N3C(=O)CC[C@@]23C)n1. The standard InChI is InChI=1S/C24H31N5O3/c1-16(15-28-18(3)13-17(2)26-28)14-25-21(30)10-12-27-23(32)19-7-5-6-8-20(19)29-22(31)9-11-24(27,29)4/h5-8,13,16H,9-12,14-15H2,1-4H3,(H,25,30)/t16-,24-/m0/s1. The number of rotatable bonds is 7. The topological polar surface area (TPSA) is 87.5 Å². The maximum absolute atomic E-state index is 13.2. The fourth-order valence-electron chi connectivity index (χ4n) is 4.85. The lowest BCUT2D eigenvalue weighted by Crippen LogP contribution is -2.62. The van der Waals surface area contributed by atoms with Gasteiger partial charge in [-0.1, -0.05) is 19.1 Å². The summed E-state index contributed by atoms with van der Waals surface area (Å²) in [5.74, 6) is 0.0110. The molecular formula is C24H31N5O3. The smallest absolute Gasteiger partial charge is 0.257 e. The highest BCUT2D eigenvalue weighted by Crippen LogP contribution is 2.43. The first kappa shape index (κ1) is 22.0. The summed E-state index contributed by atoms with van der Waals surface area (Å²) >= 11 is 0. The van der Waals surface area contributed by atoms with Gasteiger partial charge in [-0.3, -0.25) is 24.0 Å². The highest BCUT2D eigenvalue weighted by Gasteiger charge is 2.52. The molecule has 1 saturated heterocycles. The molecule has 4 rings (SSSR count). The van der Waals surface area contributed by atoms with E-state index in [2.05, 4.69) is 17.3 Å². The number of para-hydroxylation sites is 1. The van der Waals surface area contributed by atoms with E-state index in [1.165, 1.54) is 0 Å². The number of hydrogen-bond acceptors (Lipinski definition) is 4. The minimum Gasteiger partial charge on any atom is -0.356 e. The number of carbonyl (C=O) groups is 3. The van der Waals surface area contributed by atoms with Gasteiger partial charge in [0.05, 0.1) is 16.9 Å². The van der Waals surface area contributed by atoms with E-state index in [0.29, 0.717) is 30.6 Å². The molecule has 2 aliphatic heterocycles. The number of anilines is 1. The predicted octanol–water partition coefficient (Wildman–Crippen LogP) is 2.64. The molecule has 0 unspecified atom stereocenters. The van der Waals surface area contributed by atoms with Crippen LogP contribution in [0.4, 0.5) is 5.69 Å². The van der Waals surface area contributed by atoms with E-state index in [1.807, 2.05) is 43.7 Å². The van der Waals surface area contributed by atoms with E-state index in [9.17, 15) is 14.4 Å². The molecule has 8 nitrogen and oxygen atoms in total. The van der Waals surface area contributed by atoms with Crippen LogP contribution in [0.3, 0.4) is 0 Å². The summed E-state index contributed by atoms with van der Waals surface area (Å²) in [6.07, 6.45) is 1.15. The number of nitrogens with zero attached hydrogens (tertiary/aromatic N) is 4. The molecule has 1 aromatic carbocycles. The molecule has 32 heavy (non-hydrogen) atoms. The Balaban J connectivity index is 1.37. The Labute approximate surface area is 188 Å². The lowest BCUT2D eigenvalue weighted by atomic mass is 9.98. The number of amides is 3. The summed E-state index contributed by atoms with van der Waals surface area (Å²) in [5, 5.41) is 7.46. The van der Waals surface area contributed by atoms with E-state index in [0.717, 1.165) is 17.9 Å². The highest BCUT2D eigenvalue weighted by molar-refractivity contribution is 6.10. The lowest BCUT2D eigenvalue weighted by molar-refractivity contribution is -0.121. The van der Waals surface area contributed by atoms with Gasteiger partial charge in [0.15, 0.2) is 0 Å². The molecule has 0 bridgehead atoms. The third kappa shape index (κ3) is 3.89. The minimum atomic E-state index is -0.731. The average molecular weight is 438 g/mol. The van der Waals surface area contributed by atoms with E-state index in [4.69, 9.17) is 0 Å². The second-order valence-corrected chi connectivity index (χ2v) is 9.19. The van der Waals surface area contributed by atoms with Gasteiger partial charge in [0, 0.05) is 38.2 Å². The zero-order valence-corrected chi connectivity index (χ0v) is 19.2. The molecular weight excluding hydrogens is 406 g/mol. The molecule has 170 valence electrons. The summed E-state index contributed by atoms with van der Waals surface area (Å²) in [5.41, 5.74) is 2.54. The summed E-state index contributed by atoms with van der Waals surface area (Å²) in [6.45, 7) is 9.52. The van der Waals surface area contributed by atoms with E-state index < -0.39 is 5.66 Å². The molecule has 3 amide bonds. The van der Waals surface area contributed by atoms with Crippen molar-refractivity contribution in [3.63, 3.8) is 0 Å². The summed E-state index contributed by atoms with van der Waals surface area (Å²) in [6, 6.07) is 9.25. The number of aryl methyl sites for hydroxylation is 2. The van der Waals surface area contributed by atoms with Crippen molar-refractivity contribution in [2.75, 3.05) is 18.0 Å². The summed E-state index contributed by atoms with van der Waals surface area (Å²) in [7, 11) is 0. The molecule has 8 heteroatoms. The Hall–Kier alpha value is -3.16. The largest absolute Gasteiger partial charge is 0.356 e. The lowest BCUT2D eigenvalue weighted by Gasteiger charge is -2.48. The monoisotopic (exact) mass is 437 g/mol. The van der Waals surface area contributed by atoms with Crippen molar-refractivity contribution in [2.24, 2.45) is 5.92 Å². The van der Waals surface area contributed by atoms with Crippen LogP contribution < -0.4 is 10.2 Å². The maximum atomic E-state index is 13.2. The van der Waals surface area contributed by atoms with Crippen LogP contribution in [-0.4, -0.2) is 51.2 Å². The number of nitrogens with one attached hydrogen (secondary N) is 1. The Morgan fingerprint density at radius 2 is 2.00 bits per heavy atom. The fraction of sp³-hybridized carbons (Fsp3) is 0.500. The number of benzene rings is 1. The van der Waals surface area contributed by atoms with E-state index in [1.54, 1.807) is 21.9 Å². The van der Waals surface area contributed by atoms with E-state index in [-0.39, 0.29) is 36.6 Å². The van der Waals surface area contributed by atoms with Crippen molar-refractivity contribution >= 4 is 23.4 Å². The molecule has 2 aliphatic rings. The molecule has 1 fully saturated rings. The third-order valence-corrected chi connectivity index (χ3v) is 6.54. The van der Waals surface area contributed by atoms with Crippen LogP contribution in [0.5, 0.6) is 0 Å². The predicted molar refractivity (Wildman–Crippen MR) is 121 cm³/mol. The van der Waals surface area contributed by atoms with Gasteiger partial charge in [0.1, 0.15) is 5.66 Å². The second-order valence-electron chi connectivity index (χ2n) is 9.19. The van der Waals surface area contributed by atoms with Gasteiger partial charge >= 0.3 is 0 Å². The number of fused-ring (bicyclic) bond motifs is 3. The Morgan fingerprint density at radius 1 is 1.25 bits per heavy atom. The molecule has 1 aromatic heterocycles. The number of aromatic nitrogens is 2. The zero-order chi connectivity index (χ0) is 23.0. The zero-order valence-electron chi connectivity index (χ0n) is 19.2. The molecule has 0 aliphatic carbocycles. The molecule has 0 saturated carbocycles. The first-order chi connectivity index (χ1) is 15.2. The van der Waals surface area contributed by atoms with Gasteiger partial charge in [-0.2, -0.15) is 5.10 Å². The molecule has 0 radical (unpaired) electrons. The first-order valence-electron chi connectivity index (χ1n) is 11.2. The van der Waals surface area contributed by atoms with Crippen LogP contribution >= 0.6 is 0 Å². The van der Waals surface area contributed by atoms with Crippen molar-refractivity contribution in [2.45, 2.75) is 59.2 Å². The van der Waals surface area contributed by atoms with Crippen LogP contribution in [0, 0.1) is 19.8 Å². The normalized spacial score (nSPS) is 20.9. The molecule has 1 N–H and O–H groups in total.